The number of carbonyl (C=O) groups excluding carboxylic acids is 2. The first-order valence-corrected chi connectivity index (χ1v) is 15.5. The van der Waals surface area contributed by atoms with Gasteiger partial charge < -0.3 is 0 Å². The normalized spacial score (nSPS) is 21.0. The molecule has 4 aromatic carbocycles. The molecule has 2 atom stereocenters. The summed E-state index contributed by atoms with van der Waals surface area (Å²) in [5.41, 5.74) is 0.265. The van der Waals surface area contributed by atoms with Crippen molar-refractivity contribution in [2.75, 3.05) is 31.6 Å². The summed E-state index contributed by atoms with van der Waals surface area (Å²) in [6.45, 7) is 0.261. The number of hydrogen-bond donors (Lipinski definition) is 1. The number of carbonyl (C=O) groups is 2. The van der Waals surface area contributed by atoms with Crippen molar-refractivity contribution in [3.63, 3.8) is 0 Å². The molecule has 11 heteroatoms. The first-order chi connectivity index (χ1) is 21.2. The zero-order valence-electron chi connectivity index (χ0n) is 23.1. The number of amides is 2. The van der Waals surface area contributed by atoms with Crippen LogP contribution in [-0.2, 0) is 24.8 Å². The van der Waals surface area contributed by atoms with Crippen LogP contribution in [0.15, 0.2) is 97.1 Å². The van der Waals surface area contributed by atoms with Gasteiger partial charge in [-0.1, -0.05) is 0 Å². The Bertz CT molecular complexity index is 1670. The number of hydrogen-bond acceptors (Lipinski definition) is 4. The van der Waals surface area contributed by atoms with Gasteiger partial charge in [-0.3, -0.25) is 0 Å². The average Bonchev–Trinajstić information content (AvgIpc) is 3.60. The predicted octanol–water partition coefficient (Wildman–Crippen LogP) is 4.90. The van der Waals surface area contributed by atoms with Gasteiger partial charge in [-0.05, 0) is 0 Å². The Morgan fingerprint density at radius 1 is 0.864 bits per heavy atom. The number of anilines is 1. The summed E-state index contributed by atoms with van der Waals surface area (Å²) >= 11 is -1.00. The van der Waals surface area contributed by atoms with Crippen LogP contribution in [-0.4, -0.2) is 58.0 Å². The van der Waals surface area contributed by atoms with Crippen molar-refractivity contribution < 1.29 is 36.6 Å². The molecular weight excluding hydrogens is 643 g/mol. The zero-order chi connectivity index (χ0) is 30.9. The molecule has 6 nitrogen and oxygen atoms in total. The Morgan fingerprint density at radius 2 is 1.50 bits per heavy atom. The number of likely N-dealkylation sites (tertiary alicyclic amines) is 1. The molecule has 2 aliphatic heterocycles. The molecule has 2 heterocycles. The number of ether oxygens (including phenoxy) is 2. The Kier molecular flexibility index (Phi) is 8.30. The van der Waals surface area contributed by atoms with Crippen molar-refractivity contribution in [1.29, 1.82) is 0 Å². The summed E-state index contributed by atoms with van der Waals surface area (Å²) in [5, 5.41) is 2.43. The van der Waals surface area contributed by atoms with Crippen molar-refractivity contribution in [3.05, 3.63) is 131 Å². The first kappa shape index (κ1) is 30.0. The number of rotatable bonds is 8. The van der Waals surface area contributed by atoms with Gasteiger partial charge in [0.2, 0.25) is 0 Å². The Hall–Kier alpha value is -4.02. The van der Waals surface area contributed by atoms with Gasteiger partial charge >= 0.3 is 258 Å². The van der Waals surface area contributed by atoms with E-state index in [1.807, 2.05) is 6.07 Å². The van der Waals surface area contributed by atoms with Gasteiger partial charge in [0.15, 0.2) is 0 Å². The van der Waals surface area contributed by atoms with Crippen molar-refractivity contribution >= 4 is 36.9 Å². The van der Waals surface area contributed by atoms with E-state index >= 15 is 0 Å². The number of nitrogens with zero attached hydrogens (tertiary/aromatic N) is 1. The van der Waals surface area contributed by atoms with Crippen molar-refractivity contribution in [2.45, 2.75) is 16.0 Å². The van der Waals surface area contributed by atoms with E-state index in [0.717, 1.165) is 18.2 Å². The van der Waals surface area contributed by atoms with E-state index in [2.05, 4.69) is 5.32 Å². The molecule has 0 aliphatic carbocycles. The first-order valence-electron chi connectivity index (χ1n) is 13.8. The third-order valence-corrected chi connectivity index (χ3v) is 10.8. The fourth-order valence-electron chi connectivity index (χ4n) is 5.72. The maximum atomic E-state index is 14.8. The average molecular weight is 670 g/mol. The van der Waals surface area contributed by atoms with Gasteiger partial charge in [0.05, 0.1) is 0 Å². The molecule has 2 amide bonds. The van der Waals surface area contributed by atoms with E-state index in [4.69, 9.17) is 9.47 Å². The van der Waals surface area contributed by atoms with Crippen LogP contribution < -0.4 is 9.78 Å². The zero-order valence-corrected chi connectivity index (χ0v) is 24.9. The molecule has 0 radical (unpaired) electrons. The molecule has 226 valence electrons. The summed E-state index contributed by atoms with van der Waals surface area (Å²) < 4.78 is 69.0. The van der Waals surface area contributed by atoms with Crippen LogP contribution in [0.2, 0.25) is 4.31 Å². The molecule has 2 saturated heterocycles. The molecule has 0 aromatic heterocycles. The van der Waals surface area contributed by atoms with E-state index in [9.17, 15) is 27.2 Å². The van der Waals surface area contributed by atoms with Crippen LogP contribution in [0.25, 0.3) is 0 Å². The van der Waals surface area contributed by atoms with E-state index in [0.29, 0.717) is 16.1 Å². The van der Waals surface area contributed by atoms with Crippen molar-refractivity contribution in [1.82, 2.24) is 4.90 Å². The van der Waals surface area contributed by atoms with E-state index in [1.165, 1.54) is 17.0 Å². The van der Waals surface area contributed by atoms with Gasteiger partial charge in [-0.15, -0.1) is 0 Å². The second kappa shape index (κ2) is 12.2. The molecule has 2 fully saturated rings. The Labute approximate surface area is 257 Å². The predicted molar refractivity (Wildman–Crippen MR) is 155 cm³/mol. The van der Waals surface area contributed by atoms with Gasteiger partial charge in [-0.25, -0.2) is 0 Å². The third-order valence-electron chi connectivity index (χ3n) is 7.71. The molecule has 0 spiro atoms. The molecule has 2 aliphatic rings. The Balaban J connectivity index is 1.49. The molecule has 1 N–H and O–H groups in total. The number of nitrogens with one attached hydrogen (secondary N) is 1. The number of benzene rings is 4. The minimum atomic E-state index is -1.97. The van der Waals surface area contributed by atoms with Crippen LogP contribution in [0, 0.1) is 23.3 Å². The van der Waals surface area contributed by atoms with Crippen molar-refractivity contribution in [3.8, 4) is 0 Å². The van der Waals surface area contributed by atoms with Crippen LogP contribution in [0.3, 0.4) is 0 Å². The summed E-state index contributed by atoms with van der Waals surface area (Å²) in [6, 6.07) is 24.0. The van der Waals surface area contributed by atoms with E-state index in [1.54, 1.807) is 54.6 Å². The number of halogens is 4. The second-order valence-corrected chi connectivity index (χ2v) is 13.2. The fraction of sp³-hybridized carbons (Fsp3) is 0.212. The molecule has 44 heavy (non-hydrogen) atoms. The summed E-state index contributed by atoms with van der Waals surface area (Å²) in [7, 11) is 0. The second-order valence-electron chi connectivity index (χ2n) is 10.5. The van der Waals surface area contributed by atoms with E-state index in [-0.39, 0.29) is 31.9 Å². The van der Waals surface area contributed by atoms with Crippen LogP contribution >= 0.6 is 0 Å². The summed E-state index contributed by atoms with van der Waals surface area (Å²) in [4.78, 5) is 30.6. The summed E-state index contributed by atoms with van der Waals surface area (Å²) in [6.07, 6.45) is 0. The monoisotopic (exact) mass is 670 g/mol. The quantitative estimate of drug-likeness (QED) is 0.165. The van der Waals surface area contributed by atoms with Gasteiger partial charge in [0, 0.05) is 0 Å². The van der Waals surface area contributed by atoms with E-state index < -0.39 is 71.7 Å². The SMILES string of the molecule is O=C(Nc1cccc(F)c1F)C1([Se]c2ccccc2)C(=O)N(CC2(c3ccccc3)OCCO2)CC1c1cc(F)cc(F)c1. The molecular formula is C33H26F4N2O4Se. The van der Waals surface area contributed by atoms with Gasteiger partial charge in [0.1, 0.15) is 0 Å². The topological polar surface area (TPSA) is 67.9 Å². The van der Waals surface area contributed by atoms with Crippen LogP contribution in [0.5, 0.6) is 0 Å². The maximum absolute atomic E-state index is 14.8. The minimum absolute atomic E-state index is 0.0769. The molecule has 0 saturated carbocycles. The van der Waals surface area contributed by atoms with Crippen molar-refractivity contribution in [2.24, 2.45) is 0 Å². The molecule has 4 aromatic rings. The Morgan fingerprint density at radius 3 is 2.16 bits per heavy atom. The molecule has 6 rings (SSSR count). The van der Waals surface area contributed by atoms with Crippen LogP contribution in [0.4, 0.5) is 23.2 Å². The fourth-order valence-corrected chi connectivity index (χ4v) is 8.61. The summed E-state index contributed by atoms with van der Waals surface area (Å²) in [5.74, 6) is -8.25. The molecule has 0 bridgehead atoms. The third kappa shape index (κ3) is 5.52. The standard InChI is InChI=1S/C33H26F4N2O4Se/c34-23-16-21(17-24(35)18-23)26-19-39(20-32(42-14-15-43-32)22-8-3-1-4-9-22)31(41)33(26,44-25-10-5-2-6-11-25)30(40)38-28-13-7-12-27(36)29(28)37/h1-13,16-18,26H,14-15,19-20H2,(H,38,40). The van der Waals surface area contributed by atoms with Gasteiger partial charge in [-0.2, -0.15) is 0 Å². The van der Waals surface area contributed by atoms with Gasteiger partial charge in [0.25, 0.3) is 0 Å². The van der Waals surface area contributed by atoms with Crippen LogP contribution in [0.1, 0.15) is 17.0 Å². The molecule has 2 unspecified atom stereocenters.